The summed E-state index contributed by atoms with van der Waals surface area (Å²) in [6.07, 6.45) is 2.52. The Morgan fingerprint density at radius 1 is 1.00 bits per heavy atom. The van der Waals surface area contributed by atoms with Gasteiger partial charge in [0.15, 0.2) is 15.6 Å². The van der Waals surface area contributed by atoms with Crippen molar-refractivity contribution in [3.63, 3.8) is 0 Å². The lowest BCUT2D eigenvalue weighted by atomic mass is 9.89. The lowest BCUT2D eigenvalue weighted by molar-refractivity contribution is 0.0905. The molecule has 2 atom stereocenters. The molecule has 0 spiro atoms. The predicted octanol–water partition coefficient (Wildman–Crippen LogP) is 2.84. The topological polar surface area (TPSA) is 51.2 Å². The first-order valence-corrected chi connectivity index (χ1v) is 8.84. The van der Waals surface area contributed by atoms with E-state index < -0.39 is 9.84 Å². The van der Waals surface area contributed by atoms with Gasteiger partial charge in [0.1, 0.15) is 0 Å². The largest absolute Gasteiger partial charge is 0.294 e. The van der Waals surface area contributed by atoms with Crippen LogP contribution < -0.4 is 0 Å². The summed E-state index contributed by atoms with van der Waals surface area (Å²) in [5.74, 6) is 0.0147. The number of carbonyl (C=O) groups excluding carboxylic acids is 1. The van der Waals surface area contributed by atoms with Gasteiger partial charge in [0.2, 0.25) is 0 Å². The van der Waals surface area contributed by atoms with Gasteiger partial charge in [-0.1, -0.05) is 17.2 Å². The van der Waals surface area contributed by atoms with E-state index in [1.807, 2.05) is 32.0 Å². The van der Waals surface area contributed by atoms with E-state index in [0.29, 0.717) is 12.8 Å². The van der Waals surface area contributed by atoms with E-state index in [4.69, 9.17) is 0 Å². The van der Waals surface area contributed by atoms with Crippen LogP contribution in [0.15, 0.2) is 18.2 Å². The molecule has 2 fully saturated rings. The van der Waals surface area contributed by atoms with E-state index in [1.54, 1.807) is 0 Å². The van der Waals surface area contributed by atoms with Gasteiger partial charge in [0, 0.05) is 11.5 Å². The standard InChI is InChI=1S/C16H20O3S/c1-10-5-11(2)7-12(6-10)16(17)13-8-14-3-4-15(9-13)20(14,18)19/h5-7,13-15H,3-4,8-9H2,1-2H3. The minimum absolute atomic E-state index is 0.114. The molecule has 0 radical (unpaired) electrons. The van der Waals surface area contributed by atoms with Crippen LogP contribution in [0.2, 0.25) is 0 Å². The number of fused-ring (bicyclic) bond motifs is 2. The SMILES string of the molecule is Cc1cc(C)cc(C(=O)C2CC3CCC(C2)S3(=O)=O)c1. The molecule has 0 aliphatic carbocycles. The molecule has 2 bridgehead atoms. The third kappa shape index (κ3) is 2.20. The van der Waals surface area contributed by atoms with Crippen molar-refractivity contribution >= 4 is 15.6 Å². The predicted molar refractivity (Wildman–Crippen MR) is 78.7 cm³/mol. The van der Waals surface area contributed by atoms with Crippen molar-refractivity contribution in [3.05, 3.63) is 34.9 Å². The number of aryl methyl sites for hydroxylation is 2. The minimum Gasteiger partial charge on any atom is -0.294 e. The number of carbonyl (C=O) groups is 1. The highest BCUT2D eigenvalue weighted by molar-refractivity contribution is 7.93. The van der Waals surface area contributed by atoms with E-state index in [-0.39, 0.29) is 22.2 Å². The van der Waals surface area contributed by atoms with Crippen LogP contribution in [0.25, 0.3) is 0 Å². The molecule has 2 heterocycles. The molecule has 2 unspecified atom stereocenters. The molecule has 4 heteroatoms. The number of benzene rings is 1. The van der Waals surface area contributed by atoms with E-state index in [9.17, 15) is 13.2 Å². The molecule has 0 N–H and O–H groups in total. The highest BCUT2D eigenvalue weighted by atomic mass is 32.2. The zero-order valence-corrected chi connectivity index (χ0v) is 12.7. The molecule has 2 saturated heterocycles. The summed E-state index contributed by atoms with van der Waals surface area (Å²) in [6.45, 7) is 3.97. The summed E-state index contributed by atoms with van der Waals surface area (Å²) >= 11 is 0. The average Bonchev–Trinajstić information content (AvgIpc) is 2.55. The second kappa shape index (κ2) is 4.69. The number of hydrogen-bond acceptors (Lipinski definition) is 3. The Kier molecular flexibility index (Phi) is 3.24. The molecular formula is C16H20O3S. The molecule has 0 aromatic heterocycles. The van der Waals surface area contributed by atoms with Crippen LogP contribution in [0.4, 0.5) is 0 Å². The van der Waals surface area contributed by atoms with Crippen molar-refractivity contribution in [2.45, 2.75) is 50.0 Å². The molecule has 108 valence electrons. The average molecular weight is 292 g/mol. The van der Waals surface area contributed by atoms with Gasteiger partial charge >= 0.3 is 0 Å². The minimum atomic E-state index is -2.95. The Morgan fingerprint density at radius 2 is 1.50 bits per heavy atom. The second-order valence-electron chi connectivity index (χ2n) is 6.32. The number of rotatable bonds is 2. The second-order valence-corrected chi connectivity index (χ2v) is 8.83. The Labute approximate surface area is 120 Å². The van der Waals surface area contributed by atoms with Crippen LogP contribution in [-0.4, -0.2) is 24.7 Å². The molecule has 0 amide bonds. The molecule has 2 aliphatic heterocycles. The fraction of sp³-hybridized carbons (Fsp3) is 0.562. The maximum atomic E-state index is 12.6. The highest BCUT2D eigenvalue weighted by Crippen LogP contribution is 2.42. The quantitative estimate of drug-likeness (QED) is 0.788. The normalized spacial score (nSPS) is 31.2. The number of ketones is 1. The highest BCUT2D eigenvalue weighted by Gasteiger charge is 2.48. The smallest absolute Gasteiger partial charge is 0.166 e. The summed E-state index contributed by atoms with van der Waals surface area (Å²) in [6, 6.07) is 5.88. The maximum absolute atomic E-state index is 12.6. The van der Waals surface area contributed by atoms with Gasteiger partial charge in [-0.25, -0.2) is 8.42 Å². The first kappa shape index (κ1) is 13.8. The maximum Gasteiger partial charge on any atom is 0.166 e. The Bertz CT molecular complexity index is 620. The van der Waals surface area contributed by atoms with Gasteiger partial charge in [-0.05, 0) is 51.7 Å². The summed E-state index contributed by atoms with van der Waals surface area (Å²) in [5, 5.41) is -0.554. The fourth-order valence-electron chi connectivity index (χ4n) is 3.77. The van der Waals surface area contributed by atoms with Crippen LogP contribution in [0.5, 0.6) is 0 Å². The van der Waals surface area contributed by atoms with Crippen molar-refractivity contribution in [1.82, 2.24) is 0 Å². The Hall–Kier alpha value is -1.16. The first-order chi connectivity index (χ1) is 9.38. The Morgan fingerprint density at radius 3 is 2.00 bits per heavy atom. The van der Waals surface area contributed by atoms with Crippen LogP contribution >= 0.6 is 0 Å². The summed E-state index contributed by atoms with van der Waals surface area (Å²) in [4.78, 5) is 12.6. The molecule has 0 saturated carbocycles. The van der Waals surface area contributed by atoms with Crippen LogP contribution in [0.3, 0.4) is 0 Å². The van der Waals surface area contributed by atoms with E-state index in [1.165, 1.54) is 0 Å². The number of Topliss-reactive ketones (excluding diaryl/α,β-unsaturated/α-hetero) is 1. The third-order valence-electron chi connectivity index (χ3n) is 4.71. The van der Waals surface area contributed by atoms with Gasteiger partial charge in [-0.2, -0.15) is 0 Å². The fourth-order valence-corrected chi connectivity index (χ4v) is 6.25. The molecule has 20 heavy (non-hydrogen) atoms. The van der Waals surface area contributed by atoms with Crippen molar-refractivity contribution in [2.24, 2.45) is 5.92 Å². The van der Waals surface area contributed by atoms with E-state index in [0.717, 1.165) is 29.5 Å². The van der Waals surface area contributed by atoms with Gasteiger partial charge in [-0.3, -0.25) is 4.79 Å². The third-order valence-corrected chi connectivity index (χ3v) is 7.43. The van der Waals surface area contributed by atoms with Crippen LogP contribution in [-0.2, 0) is 9.84 Å². The molecule has 2 aliphatic rings. The van der Waals surface area contributed by atoms with Crippen LogP contribution in [0, 0.1) is 19.8 Å². The first-order valence-electron chi connectivity index (χ1n) is 7.23. The molecule has 1 aromatic carbocycles. The van der Waals surface area contributed by atoms with Gasteiger partial charge < -0.3 is 0 Å². The molecule has 3 rings (SSSR count). The zero-order valence-electron chi connectivity index (χ0n) is 11.9. The van der Waals surface area contributed by atoms with Crippen molar-refractivity contribution in [2.75, 3.05) is 0 Å². The van der Waals surface area contributed by atoms with Crippen molar-refractivity contribution in [1.29, 1.82) is 0 Å². The molecule has 1 aromatic rings. The van der Waals surface area contributed by atoms with E-state index >= 15 is 0 Å². The van der Waals surface area contributed by atoms with Crippen molar-refractivity contribution in [3.8, 4) is 0 Å². The monoisotopic (exact) mass is 292 g/mol. The molecule has 3 nitrogen and oxygen atoms in total. The van der Waals surface area contributed by atoms with Gasteiger partial charge in [-0.15, -0.1) is 0 Å². The lowest BCUT2D eigenvalue weighted by Gasteiger charge is -2.27. The van der Waals surface area contributed by atoms with Gasteiger partial charge in [0.25, 0.3) is 0 Å². The number of hydrogen-bond donors (Lipinski definition) is 0. The number of sulfone groups is 1. The summed E-state index contributed by atoms with van der Waals surface area (Å²) < 4.78 is 24.2. The molecular weight excluding hydrogens is 272 g/mol. The van der Waals surface area contributed by atoms with Crippen molar-refractivity contribution < 1.29 is 13.2 Å². The zero-order chi connectivity index (χ0) is 14.5. The lowest BCUT2D eigenvalue weighted by Crippen LogP contribution is -2.36. The van der Waals surface area contributed by atoms with Crippen LogP contribution in [0.1, 0.15) is 47.2 Å². The van der Waals surface area contributed by atoms with E-state index in [2.05, 4.69) is 0 Å². The summed E-state index contributed by atoms with van der Waals surface area (Å²) in [7, 11) is -2.95. The summed E-state index contributed by atoms with van der Waals surface area (Å²) in [5.41, 5.74) is 2.91. The van der Waals surface area contributed by atoms with Gasteiger partial charge in [0.05, 0.1) is 10.5 Å². The Balaban J connectivity index is 1.86.